The van der Waals surface area contributed by atoms with Crippen LogP contribution in [0.1, 0.15) is 43.5 Å². The molecule has 2 fully saturated rings. The lowest BCUT2D eigenvalue weighted by Crippen LogP contribution is -2.47. The molecule has 2 aromatic heterocycles. The smallest absolute Gasteiger partial charge is 0.209 e. The molecule has 2 aliphatic rings. The van der Waals surface area contributed by atoms with Crippen molar-refractivity contribution in [2.24, 2.45) is 4.99 Å². The minimum absolute atomic E-state index is 0.354. The van der Waals surface area contributed by atoms with Gasteiger partial charge in [-0.2, -0.15) is 15.3 Å². The second kappa shape index (κ2) is 8.71. The first kappa shape index (κ1) is 20.2. The molecule has 4 rings (SSSR count). The van der Waals surface area contributed by atoms with Crippen LogP contribution in [0.15, 0.2) is 17.3 Å². The third-order valence-electron chi connectivity index (χ3n) is 6.12. The Balaban J connectivity index is 1.52. The van der Waals surface area contributed by atoms with Gasteiger partial charge < -0.3 is 10.6 Å². The summed E-state index contributed by atoms with van der Waals surface area (Å²) in [5, 5.41) is 23.1. The molecule has 158 valence electrons. The minimum atomic E-state index is 0.354. The van der Waals surface area contributed by atoms with Gasteiger partial charge in [0.05, 0.1) is 11.8 Å². The van der Waals surface area contributed by atoms with E-state index in [0.29, 0.717) is 24.5 Å². The average Bonchev–Trinajstić information content (AvgIpc) is 3.33. The normalized spacial score (nSPS) is 23.6. The molecule has 4 heterocycles. The maximum atomic E-state index is 8.94. The summed E-state index contributed by atoms with van der Waals surface area (Å²) in [6.45, 7) is 8.41. The largest absolute Gasteiger partial charge is 0.352 e. The molecule has 2 aromatic rings. The SMILES string of the molecule is C=N/C=C\n1c(NC2C[C@H]3CC[C@@H](C2)N3CCC#N)nc(Nc2cc(C)[nH]n2)c1C. The van der Waals surface area contributed by atoms with E-state index in [9.17, 15) is 0 Å². The first-order valence-corrected chi connectivity index (χ1v) is 10.5. The fourth-order valence-electron chi connectivity index (χ4n) is 4.75. The quantitative estimate of drug-likeness (QED) is 0.579. The van der Waals surface area contributed by atoms with Crippen LogP contribution in [0, 0.1) is 25.2 Å². The molecular weight excluding hydrogens is 378 g/mol. The van der Waals surface area contributed by atoms with Crippen LogP contribution >= 0.6 is 0 Å². The summed E-state index contributed by atoms with van der Waals surface area (Å²) in [6, 6.07) is 5.69. The molecule has 2 bridgehead atoms. The summed E-state index contributed by atoms with van der Waals surface area (Å²) in [5.41, 5.74) is 1.95. The van der Waals surface area contributed by atoms with Crippen LogP contribution in [-0.2, 0) is 0 Å². The molecule has 0 spiro atoms. The highest BCUT2D eigenvalue weighted by molar-refractivity contribution is 5.61. The molecule has 9 nitrogen and oxygen atoms in total. The van der Waals surface area contributed by atoms with Crippen molar-refractivity contribution >= 4 is 30.5 Å². The van der Waals surface area contributed by atoms with Gasteiger partial charge in [-0.3, -0.25) is 19.6 Å². The second-order valence-electron chi connectivity index (χ2n) is 8.12. The molecule has 3 atom stereocenters. The van der Waals surface area contributed by atoms with Crippen LogP contribution in [0.5, 0.6) is 0 Å². The second-order valence-corrected chi connectivity index (χ2v) is 8.12. The molecule has 0 amide bonds. The lowest BCUT2D eigenvalue weighted by atomic mass is 9.97. The molecule has 9 heteroatoms. The topological polar surface area (TPSA) is 110 Å². The molecule has 0 saturated carbocycles. The van der Waals surface area contributed by atoms with E-state index in [0.717, 1.165) is 48.4 Å². The number of hydrogen-bond donors (Lipinski definition) is 3. The van der Waals surface area contributed by atoms with E-state index in [1.54, 1.807) is 6.20 Å². The minimum Gasteiger partial charge on any atom is -0.352 e. The first-order chi connectivity index (χ1) is 14.6. The summed E-state index contributed by atoms with van der Waals surface area (Å²) in [7, 11) is 0. The Morgan fingerprint density at radius 3 is 2.77 bits per heavy atom. The maximum Gasteiger partial charge on any atom is 0.209 e. The van der Waals surface area contributed by atoms with Gasteiger partial charge in [0.25, 0.3) is 0 Å². The molecule has 0 radical (unpaired) electrons. The number of aromatic nitrogens is 4. The summed E-state index contributed by atoms with van der Waals surface area (Å²) < 4.78 is 2.00. The van der Waals surface area contributed by atoms with E-state index in [-0.39, 0.29) is 0 Å². The number of H-pyrrole nitrogens is 1. The highest BCUT2D eigenvalue weighted by Gasteiger charge is 2.40. The van der Waals surface area contributed by atoms with Gasteiger partial charge in [0.15, 0.2) is 11.6 Å². The van der Waals surface area contributed by atoms with Crippen LogP contribution in [0.2, 0.25) is 0 Å². The van der Waals surface area contributed by atoms with Crippen LogP contribution < -0.4 is 10.6 Å². The van der Waals surface area contributed by atoms with Crippen molar-refractivity contribution in [2.75, 3.05) is 17.2 Å². The monoisotopic (exact) mass is 407 g/mol. The van der Waals surface area contributed by atoms with Crippen LogP contribution in [0.25, 0.3) is 6.20 Å². The van der Waals surface area contributed by atoms with Crippen LogP contribution in [0.3, 0.4) is 0 Å². The molecular formula is C21H29N9. The van der Waals surface area contributed by atoms with Crippen LogP contribution in [-0.4, -0.2) is 56.0 Å². The maximum absolute atomic E-state index is 8.94. The Morgan fingerprint density at radius 1 is 1.37 bits per heavy atom. The number of fused-ring (bicyclic) bond motifs is 2. The van der Waals surface area contributed by atoms with Crippen molar-refractivity contribution in [1.29, 1.82) is 5.26 Å². The van der Waals surface area contributed by atoms with Gasteiger partial charge in [-0.15, -0.1) is 0 Å². The Kier molecular flexibility index (Phi) is 5.86. The van der Waals surface area contributed by atoms with E-state index in [4.69, 9.17) is 10.2 Å². The number of nitriles is 1. The highest BCUT2D eigenvalue weighted by Crippen LogP contribution is 2.37. The summed E-state index contributed by atoms with van der Waals surface area (Å²) in [4.78, 5) is 11.2. The number of imidazole rings is 1. The summed E-state index contributed by atoms with van der Waals surface area (Å²) >= 11 is 0. The number of piperidine rings is 1. The molecule has 2 saturated heterocycles. The Labute approximate surface area is 176 Å². The van der Waals surface area contributed by atoms with Gasteiger partial charge in [0, 0.05) is 55.3 Å². The van der Waals surface area contributed by atoms with Gasteiger partial charge in [-0.25, -0.2) is 0 Å². The zero-order valence-electron chi connectivity index (χ0n) is 17.6. The summed E-state index contributed by atoms with van der Waals surface area (Å²) in [5.74, 6) is 2.28. The molecule has 0 aromatic carbocycles. The predicted octanol–water partition coefficient (Wildman–Crippen LogP) is 3.42. The molecule has 3 N–H and O–H groups in total. The van der Waals surface area contributed by atoms with Gasteiger partial charge in [-0.05, 0) is 46.2 Å². The fourth-order valence-corrected chi connectivity index (χ4v) is 4.75. The highest BCUT2D eigenvalue weighted by atomic mass is 15.3. The number of aliphatic imine (C=N–C) groups is 1. The number of nitrogens with one attached hydrogen (secondary N) is 3. The number of rotatable bonds is 8. The van der Waals surface area contributed by atoms with Crippen molar-refractivity contribution < 1.29 is 0 Å². The zero-order valence-corrected chi connectivity index (χ0v) is 17.6. The van der Waals surface area contributed by atoms with Crippen molar-refractivity contribution in [3.63, 3.8) is 0 Å². The Hall–Kier alpha value is -3.12. The first-order valence-electron chi connectivity index (χ1n) is 10.5. The fraction of sp³-hybridized carbons (Fsp3) is 0.524. The van der Waals surface area contributed by atoms with Crippen molar-refractivity contribution in [1.82, 2.24) is 24.6 Å². The molecule has 2 aliphatic heterocycles. The number of nitrogens with zero attached hydrogens (tertiary/aromatic N) is 6. The van der Waals surface area contributed by atoms with Crippen molar-refractivity contribution in [3.05, 3.63) is 23.7 Å². The Morgan fingerprint density at radius 2 is 2.13 bits per heavy atom. The number of hydrogen-bond acceptors (Lipinski definition) is 7. The van der Waals surface area contributed by atoms with Gasteiger partial charge in [-0.1, -0.05) is 0 Å². The summed E-state index contributed by atoms with van der Waals surface area (Å²) in [6.07, 6.45) is 8.71. The van der Waals surface area contributed by atoms with Gasteiger partial charge in [0.1, 0.15) is 0 Å². The third kappa shape index (κ3) is 4.09. The van der Waals surface area contributed by atoms with E-state index in [1.165, 1.54) is 12.8 Å². The molecule has 30 heavy (non-hydrogen) atoms. The van der Waals surface area contributed by atoms with E-state index in [1.807, 2.05) is 30.7 Å². The van der Waals surface area contributed by atoms with E-state index < -0.39 is 0 Å². The van der Waals surface area contributed by atoms with Crippen molar-refractivity contribution in [2.45, 2.75) is 64.1 Å². The molecule has 0 aliphatic carbocycles. The van der Waals surface area contributed by atoms with E-state index in [2.05, 4.69) is 43.5 Å². The third-order valence-corrected chi connectivity index (χ3v) is 6.12. The standard InChI is InChI=1S/C21H29N9/c1-14-11-19(28-27-14)25-20-15(2)29(10-8-23-3)21(26-20)24-16-12-17-5-6-18(13-16)30(17)9-4-7-22/h8,10-11,16-18H,3-6,9,12-13H2,1-2H3,(H,24,26)(H2,25,27,28)/b10-8-/t16?,17-,18+. The zero-order chi connectivity index (χ0) is 21.1. The predicted molar refractivity (Wildman–Crippen MR) is 119 cm³/mol. The number of anilines is 3. The Bertz CT molecular complexity index is 950. The average molecular weight is 408 g/mol. The lowest BCUT2D eigenvalue weighted by Gasteiger charge is -2.39. The lowest BCUT2D eigenvalue weighted by molar-refractivity contribution is 0.135. The number of aromatic amines is 1. The number of aryl methyl sites for hydroxylation is 1. The van der Waals surface area contributed by atoms with E-state index >= 15 is 0 Å². The van der Waals surface area contributed by atoms with Crippen LogP contribution in [0.4, 0.5) is 17.6 Å². The van der Waals surface area contributed by atoms with Crippen molar-refractivity contribution in [3.8, 4) is 6.07 Å². The van der Waals surface area contributed by atoms with Gasteiger partial charge in [0.2, 0.25) is 5.95 Å². The van der Waals surface area contributed by atoms with Gasteiger partial charge >= 0.3 is 0 Å². The molecule has 1 unspecified atom stereocenters.